The molecule has 0 aliphatic rings. The number of hydrogen-bond acceptors (Lipinski definition) is 7. The quantitative estimate of drug-likeness (QED) is 0.152. The third-order valence-electron chi connectivity index (χ3n) is 10.8. The Morgan fingerprint density at radius 3 is 1.08 bits per heavy atom. The molecule has 0 spiro atoms. The maximum absolute atomic E-state index is 6.49. The van der Waals surface area contributed by atoms with Crippen LogP contribution in [0.4, 0.5) is 0 Å². The lowest BCUT2D eigenvalue weighted by molar-refractivity contribution is 0.669. The van der Waals surface area contributed by atoms with Crippen LogP contribution < -0.4 is 0 Å². The second kappa shape index (κ2) is 15.4. The van der Waals surface area contributed by atoms with Crippen LogP contribution in [-0.2, 0) is 0 Å². The molecule has 11 aromatic rings. The summed E-state index contributed by atoms with van der Waals surface area (Å²) in [5.74, 6) is 3.71. The third kappa shape index (κ3) is 7.00. The van der Waals surface area contributed by atoms with Crippen molar-refractivity contribution in [2.24, 2.45) is 0 Å². The van der Waals surface area contributed by atoms with Crippen molar-refractivity contribution in [2.45, 2.75) is 0 Å². The number of aromatic nitrogens is 6. The molecule has 0 atom stereocenters. The van der Waals surface area contributed by atoms with Gasteiger partial charge in [0, 0.05) is 44.2 Å². The van der Waals surface area contributed by atoms with Crippen LogP contribution in [0.3, 0.4) is 0 Å². The fraction of sp³-hybridized carbons (Fsp3) is 0. The molecule has 11 rings (SSSR count). The summed E-state index contributed by atoms with van der Waals surface area (Å²) >= 11 is 0. The van der Waals surface area contributed by atoms with Crippen molar-refractivity contribution in [1.29, 1.82) is 0 Å². The minimum Gasteiger partial charge on any atom is -0.456 e. The Morgan fingerprint density at radius 2 is 0.607 bits per heavy atom. The van der Waals surface area contributed by atoms with E-state index in [9.17, 15) is 0 Å². The molecule has 7 nitrogen and oxygen atoms in total. The number of benzene rings is 8. The van der Waals surface area contributed by atoms with E-state index < -0.39 is 0 Å². The monoisotopic (exact) mass is 782 g/mol. The molecule has 0 amide bonds. The van der Waals surface area contributed by atoms with Gasteiger partial charge in [-0.3, -0.25) is 0 Å². The Labute approximate surface area is 351 Å². The van der Waals surface area contributed by atoms with Gasteiger partial charge in [-0.1, -0.05) is 176 Å². The van der Waals surface area contributed by atoms with Crippen molar-refractivity contribution in [3.8, 4) is 90.6 Å². The molecule has 0 bridgehead atoms. The van der Waals surface area contributed by atoms with Gasteiger partial charge in [-0.2, -0.15) is 0 Å². The first-order valence-corrected chi connectivity index (χ1v) is 20.1. The smallest absolute Gasteiger partial charge is 0.164 e. The average Bonchev–Trinajstić information content (AvgIpc) is 3.73. The van der Waals surface area contributed by atoms with Gasteiger partial charge in [-0.05, 0) is 52.6 Å². The Bertz CT molecular complexity index is 3240. The minimum absolute atomic E-state index is 0.603. The third-order valence-corrected chi connectivity index (χ3v) is 10.8. The summed E-state index contributed by atoms with van der Waals surface area (Å²) < 4.78 is 6.49. The highest BCUT2D eigenvalue weighted by molar-refractivity contribution is 6.13. The summed E-state index contributed by atoms with van der Waals surface area (Å²) in [6, 6.07) is 69.5. The van der Waals surface area contributed by atoms with Gasteiger partial charge in [-0.15, -0.1) is 0 Å². The normalized spacial score (nSPS) is 11.3. The van der Waals surface area contributed by atoms with Crippen molar-refractivity contribution in [3.05, 3.63) is 206 Å². The van der Waals surface area contributed by atoms with Crippen molar-refractivity contribution in [1.82, 2.24) is 29.9 Å². The fourth-order valence-electron chi connectivity index (χ4n) is 7.79. The zero-order chi connectivity index (χ0) is 40.5. The van der Waals surface area contributed by atoms with Crippen molar-refractivity contribution < 1.29 is 4.42 Å². The highest BCUT2D eigenvalue weighted by atomic mass is 16.3. The van der Waals surface area contributed by atoms with E-state index in [1.54, 1.807) is 0 Å². The molecule has 0 radical (unpaired) electrons. The predicted octanol–water partition coefficient (Wildman–Crippen LogP) is 13.3. The molecule has 0 aliphatic heterocycles. The van der Waals surface area contributed by atoms with Gasteiger partial charge in [0.1, 0.15) is 11.2 Å². The topological polar surface area (TPSA) is 90.5 Å². The van der Waals surface area contributed by atoms with E-state index in [0.717, 1.165) is 77.6 Å². The van der Waals surface area contributed by atoms with E-state index in [2.05, 4.69) is 72.8 Å². The summed E-state index contributed by atoms with van der Waals surface area (Å²) in [4.78, 5) is 29.7. The Kier molecular flexibility index (Phi) is 9.02. The van der Waals surface area contributed by atoms with Crippen LogP contribution in [0.2, 0.25) is 0 Å². The molecular formula is C54H34N6O. The molecule has 0 saturated heterocycles. The van der Waals surface area contributed by atoms with Gasteiger partial charge >= 0.3 is 0 Å². The molecule has 0 N–H and O–H groups in total. The summed E-state index contributed by atoms with van der Waals surface area (Å²) in [5, 5.41) is 2.06. The van der Waals surface area contributed by atoms with Crippen LogP contribution in [0.1, 0.15) is 0 Å². The highest BCUT2D eigenvalue weighted by Crippen LogP contribution is 2.40. The van der Waals surface area contributed by atoms with Gasteiger partial charge in [-0.25, -0.2) is 29.9 Å². The van der Waals surface area contributed by atoms with Crippen LogP contribution in [0.15, 0.2) is 211 Å². The van der Waals surface area contributed by atoms with Crippen LogP contribution >= 0.6 is 0 Å². The standard InChI is InChI=1S/C54H34N6O/c1-5-16-35(17-6-1)49-55-50(36-18-7-2-8-19-36)58-53(57-49)42-26-13-24-39(32-42)40-30-31-46-45(34-40)48-44(28-15-29-47(48)61-46)41-25-14-27-43(33-41)54-59-51(37-20-9-3-10-21-37)56-52(60-54)38-22-11-4-12-23-38/h1-34H. The fourth-order valence-corrected chi connectivity index (χ4v) is 7.79. The van der Waals surface area contributed by atoms with E-state index >= 15 is 0 Å². The summed E-state index contributed by atoms with van der Waals surface area (Å²) in [5.41, 5.74) is 11.3. The molecule has 61 heavy (non-hydrogen) atoms. The lowest BCUT2D eigenvalue weighted by Crippen LogP contribution is -2.00. The van der Waals surface area contributed by atoms with Gasteiger partial charge in [0.05, 0.1) is 0 Å². The first-order chi connectivity index (χ1) is 30.2. The summed E-state index contributed by atoms with van der Waals surface area (Å²) in [6.07, 6.45) is 0. The van der Waals surface area contributed by atoms with Crippen molar-refractivity contribution >= 4 is 21.9 Å². The lowest BCUT2D eigenvalue weighted by Gasteiger charge is -2.10. The molecule has 0 saturated carbocycles. The zero-order valence-corrected chi connectivity index (χ0v) is 32.7. The van der Waals surface area contributed by atoms with E-state index in [1.165, 1.54) is 0 Å². The van der Waals surface area contributed by atoms with Crippen LogP contribution in [-0.4, -0.2) is 29.9 Å². The second-order valence-electron chi connectivity index (χ2n) is 14.7. The largest absolute Gasteiger partial charge is 0.456 e. The molecule has 0 aliphatic carbocycles. The number of furan rings is 1. The van der Waals surface area contributed by atoms with Crippen LogP contribution in [0, 0.1) is 0 Å². The number of fused-ring (bicyclic) bond motifs is 3. The van der Waals surface area contributed by atoms with E-state index in [4.69, 9.17) is 34.3 Å². The SMILES string of the molecule is c1ccc(-c2nc(-c3ccccc3)nc(-c3cccc(-c4ccc5oc6cccc(-c7cccc(-c8nc(-c9ccccc9)nc(-c9ccccc9)n8)c7)c6c5c4)c3)n2)cc1. The zero-order valence-electron chi connectivity index (χ0n) is 32.7. The van der Waals surface area contributed by atoms with E-state index in [0.29, 0.717) is 34.9 Å². The van der Waals surface area contributed by atoms with E-state index in [1.807, 2.05) is 133 Å². The average molecular weight is 783 g/mol. The molecular weight excluding hydrogens is 749 g/mol. The second-order valence-corrected chi connectivity index (χ2v) is 14.7. The molecule has 7 heteroatoms. The first kappa shape index (κ1) is 35.7. The Balaban J connectivity index is 1.000. The molecule has 0 unspecified atom stereocenters. The molecule has 8 aromatic carbocycles. The number of hydrogen-bond donors (Lipinski definition) is 0. The first-order valence-electron chi connectivity index (χ1n) is 20.1. The van der Waals surface area contributed by atoms with Crippen LogP contribution in [0.25, 0.3) is 113 Å². The van der Waals surface area contributed by atoms with E-state index in [-0.39, 0.29) is 0 Å². The summed E-state index contributed by atoms with van der Waals surface area (Å²) in [6.45, 7) is 0. The van der Waals surface area contributed by atoms with Gasteiger partial charge in [0.25, 0.3) is 0 Å². The van der Waals surface area contributed by atoms with Gasteiger partial charge in [0.15, 0.2) is 34.9 Å². The lowest BCUT2D eigenvalue weighted by atomic mass is 9.96. The van der Waals surface area contributed by atoms with Crippen LogP contribution in [0.5, 0.6) is 0 Å². The maximum atomic E-state index is 6.49. The maximum Gasteiger partial charge on any atom is 0.164 e. The van der Waals surface area contributed by atoms with Crippen molar-refractivity contribution in [2.75, 3.05) is 0 Å². The molecule has 3 heterocycles. The Morgan fingerprint density at radius 1 is 0.246 bits per heavy atom. The van der Waals surface area contributed by atoms with Gasteiger partial charge < -0.3 is 4.42 Å². The number of rotatable bonds is 8. The van der Waals surface area contributed by atoms with Crippen molar-refractivity contribution in [3.63, 3.8) is 0 Å². The summed E-state index contributed by atoms with van der Waals surface area (Å²) in [7, 11) is 0. The predicted molar refractivity (Wildman–Crippen MR) is 244 cm³/mol. The minimum atomic E-state index is 0.603. The van der Waals surface area contributed by atoms with Gasteiger partial charge in [0.2, 0.25) is 0 Å². The highest BCUT2D eigenvalue weighted by Gasteiger charge is 2.18. The number of nitrogens with zero attached hydrogens (tertiary/aromatic N) is 6. The molecule has 286 valence electrons. The Hall–Kier alpha value is -8.42. The molecule has 0 fully saturated rings. The molecule has 3 aromatic heterocycles.